The number of aliphatic imine (C=N–C) groups is 1. The second-order valence-corrected chi connectivity index (χ2v) is 7.57. The number of benzene rings is 1. The Kier molecular flexibility index (Phi) is 5.73. The van der Waals surface area contributed by atoms with E-state index in [9.17, 15) is 0 Å². The Bertz CT molecular complexity index is 825. The van der Waals surface area contributed by atoms with Crippen molar-refractivity contribution in [2.75, 3.05) is 52.9 Å². The Morgan fingerprint density at radius 1 is 1.32 bits per heavy atom. The molecule has 0 saturated carbocycles. The van der Waals surface area contributed by atoms with E-state index in [1.165, 1.54) is 26.2 Å². The summed E-state index contributed by atoms with van der Waals surface area (Å²) in [7, 11) is 1.81. The van der Waals surface area contributed by atoms with Gasteiger partial charge in [-0.1, -0.05) is 12.1 Å². The topological polar surface area (TPSA) is 65.3 Å². The van der Waals surface area contributed by atoms with Crippen LogP contribution in [0.2, 0.25) is 0 Å². The summed E-state index contributed by atoms with van der Waals surface area (Å²) in [6, 6.07) is 8.61. The van der Waals surface area contributed by atoms with Crippen LogP contribution in [0.15, 0.2) is 33.7 Å². The minimum absolute atomic E-state index is 0.0000558. The third kappa shape index (κ3) is 3.95. The molecule has 3 fully saturated rings. The van der Waals surface area contributed by atoms with Crippen molar-refractivity contribution in [2.24, 2.45) is 4.99 Å². The summed E-state index contributed by atoms with van der Waals surface area (Å²) in [5, 5.41) is 8.00. The summed E-state index contributed by atoms with van der Waals surface area (Å²) in [6.07, 6.45) is 0. The molecule has 2 N–H and O–H groups in total. The molecule has 2 unspecified atom stereocenters. The van der Waals surface area contributed by atoms with Gasteiger partial charge < -0.3 is 19.8 Å². The van der Waals surface area contributed by atoms with Crippen LogP contribution in [0, 0.1) is 0 Å². The molecule has 3 aliphatic heterocycles. The fraction of sp³-hybridized carbons (Fsp3) is 0.571. The van der Waals surface area contributed by atoms with Gasteiger partial charge in [-0.15, -0.1) is 0 Å². The molecule has 0 amide bonds. The first-order valence-corrected chi connectivity index (χ1v) is 10.3. The van der Waals surface area contributed by atoms with Crippen LogP contribution < -0.4 is 15.4 Å². The van der Waals surface area contributed by atoms with Gasteiger partial charge in [0.05, 0.1) is 12.6 Å². The zero-order chi connectivity index (χ0) is 19.5. The fourth-order valence-corrected chi connectivity index (χ4v) is 4.14. The molecule has 5 rings (SSSR count). The van der Waals surface area contributed by atoms with E-state index in [1.807, 2.05) is 32.2 Å². The normalized spacial score (nSPS) is 25.7. The number of nitrogens with zero attached hydrogens (tertiary/aromatic N) is 3. The number of hydrogen-bond acceptors (Lipinski definition) is 5. The van der Waals surface area contributed by atoms with Crippen molar-refractivity contribution < 1.29 is 9.15 Å². The third-order valence-electron chi connectivity index (χ3n) is 5.73. The molecule has 3 aliphatic rings. The lowest BCUT2D eigenvalue weighted by Crippen LogP contribution is -2.63. The summed E-state index contributed by atoms with van der Waals surface area (Å²) in [5.74, 6) is 2.46. The molecule has 0 radical (unpaired) electrons. The molecule has 1 aromatic carbocycles. The maximum atomic E-state index is 6.11. The average molecular weight is 386 g/mol. The highest BCUT2D eigenvalue weighted by atomic mass is 16.5. The van der Waals surface area contributed by atoms with Gasteiger partial charge in [0.2, 0.25) is 0 Å². The third-order valence-corrected chi connectivity index (χ3v) is 5.73. The summed E-state index contributed by atoms with van der Waals surface area (Å²) >= 11 is 0. The molecule has 1 aromatic heterocycles. The van der Waals surface area contributed by atoms with Crippen LogP contribution in [-0.4, -0.2) is 74.7 Å². The molecule has 4 heterocycles. The largest absolute Gasteiger partial charge is 0.490 e. The molecule has 0 spiro atoms. The highest BCUT2D eigenvalue weighted by Crippen LogP contribution is 2.31. The SMILES string of the molecule is CCOc1cccc2cc(C(C)NC(=NC)NCC3CN4CCN3CC4)oc12. The van der Waals surface area contributed by atoms with Gasteiger partial charge in [-0.2, -0.15) is 0 Å². The summed E-state index contributed by atoms with van der Waals surface area (Å²) in [4.78, 5) is 9.53. The quantitative estimate of drug-likeness (QED) is 0.586. The number of hydrogen-bond donors (Lipinski definition) is 2. The number of rotatable bonds is 6. The summed E-state index contributed by atoms with van der Waals surface area (Å²) in [6.45, 7) is 11.5. The summed E-state index contributed by atoms with van der Waals surface area (Å²) in [5.41, 5.74) is 0.802. The van der Waals surface area contributed by atoms with Crippen molar-refractivity contribution in [2.45, 2.75) is 25.9 Å². The molecule has 7 nitrogen and oxygen atoms in total. The van der Waals surface area contributed by atoms with E-state index >= 15 is 0 Å². The number of ether oxygens (including phenoxy) is 1. The molecule has 28 heavy (non-hydrogen) atoms. The first kappa shape index (κ1) is 19.1. The lowest BCUT2D eigenvalue weighted by Gasteiger charge is -2.47. The Hall–Kier alpha value is -2.25. The highest BCUT2D eigenvalue weighted by Gasteiger charge is 2.31. The Morgan fingerprint density at radius 2 is 2.14 bits per heavy atom. The number of piperazine rings is 3. The first-order valence-electron chi connectivity index (χ1n) is 10.3. The van der Waals surface area contributed by atoms with E-state index in [4.69, 9.17) is 9.15 Å². The zero-order valence-corrected chi connectivity index (χ0v) is 17.1. The number of para-hydroxylation sites is 1. The van der Waals surface area contributed by atoms with Gasteiger partial charge in [0.25, 0.3) is 0 Å². The molecule has 0 aliphatic carbocycles. The van der Waals surface area contributed by atoms with Crippen molar-refractivity contribution in [3.8, 4) is 5.75 Å². The van der Waals surface area contributed by atoms with Gasteiger partial charge in [-0.3, -0.25) is 14.8 Å². The van der Waals surface area contributed by atoms with Gasteiger partial charge in [0.1, 0.15) is 5.76 Å². The second-order valence-electron chi connectivity index (χ2n) is 7.57. The Balaban J connectivity index is 1.38. The van der Waals surface area contributed by atoms with Gasteiger partial charge in [0, 0.05) is 57.7 Å². The van der Waals surface area contributed by atoms with Crippen molar-refractivity contribution in [3.05, 3.63) is 30.0 Å². The van der Waals surface area contributed by atoms with E-state index in [1.54, 1.807) is 0 Å². The van der Waals surface area contributed by atoms with Gasteiger partial charge in [-0.25, -0.2) is 0 Å². The van der Waals surface area contributed by atoms with Gasteiger partial charge in [0.15, 0.2) is 17.3 Å². The van der Waals surface area contributed by atoms with Crippen molar-refractivity contribution in [3.63, 3.8) is 0 Å². The van der Waals surface area contributed by atoms with E-state index in [2.05, 4.69) is 38.4 Å². The molecule has 152 valence electrons. The predicted molar refractivity (Wildman–Crippen MR) is 112 cm³/mol. The second kappa shape index (κ2) is 8.41. The van der Waals surface area contributed by atoms with E-state index in [0.29, 0.717) is 12.6 Å². The lowest BCUT2D eigenvalue weighted by atomic mass is 10.1. The highest BCUT2D eigenvalue weighted by molar-refractivity contribution is 5.84. The Morgan fingerprint density at radius 3 is 2.82 bits per heavy atom. The number of furan rings is 1. The first-order chi connectivity index (χ1) is 13.7. The standard InChI is InChI=1S/C21H31N5O2/c1-4-27-18-7-5-6-16-12-19(28-20(16)18)15(2)24-21(22-3)23-13-17-14-25-8-10-26(17)11-9-25/h5-7,12,15,17H,4,8-11,13-14H2,1-3H3,(H2,22,23,24). The number of guanidine groups is 1. The smallest absolute Gasteiger partial charge is 0.191 e. The lowest BCUT2D eigenvalue weighted by molar-refractivity contribution is 0.0154. The van der Waals surface area contributed by atoms with Crippen LogP contribution in [0.5, 0.6) is 5.75 Å². The monoisotopic (exact) mass is 385 g/mol. The molecular weight excluding hydrogens is 354 g/mol. The number of fused-ring (bicyclic) bond motifs is 4. The van der Waals surface area contributed by atoms with Crippen molar-refractivity contribution in [1.29, 1.82) is 0 Å². The maximum absolute atomic E-state index is 6.11. The fourth-order valence-electron chi connectivity index (χ4n) is 4.14. The Labute approximate surface area is 166 Å². The molecule has 2 bridgehead atoms. The average Bonchev–Trinajstić information content (AvgIpc) is 3.17. The van der Waals surface area contributed by atoms with Crippen molar-refractivity contribution in [1.82, 2.24) is 20.4 Å². The molecule has 3 saturated heterocycles. The van der Waals surface area contributed by atoms with Crippen LogP contribution in [0.1, 0.15) is 25.6 Å². The number of nitrogens with one attached hydrogen (secondary N) is 2. The van der Waals surface area contributed by atoms with Gasteiger partial charge in [-0.05, 0) is 26.0 Å². The molecule has 2 aromatic rings. The zero-order valence-electron chi connectivity index (χ0n) is 17.1. The minimum Gasteiger partial charge on any atom is -0.490 e. The predicted octanol–water partition coefficient (Wildman–Crippen LogP) is 2.06. The van der Waals surface area contributed by atoms with Crippen LogP contribution in [0.3, 0.4) is 0 Å². The van der Waals surface area contributed by atoms with Gasteiger partial charge >= 0.3 is 0 Å². The van der Waals surface area contributed by atoms with Crippen LogP contribution in [-0.2, 0) is 0 Å². The molecule has 7 heteroatoms. The van der Waals surface area contributed by atoms with Crippen LogP contribution in [0.25, 0.3) is 11.0 Å². The van der Waals surface area contributed by atoms with E-state index < -0.39 is 0 Å². The summed E-state index contributed by atoms with van der Waals surface area (Å²) < 4.78 is 11.8. The van der Waals surface area contributed by atoms with E-state index in [-0.39, 0.29) is 6.04 Å². The van der Waals surface area contributed by atoms with Crippen LogP contribution >= 0.6 is 0 Å². The van der Waals surface area contributed by atoms with E-state index in [0.717, 1.165) is 41.5 Å². The minimum atomic E-state index is -0.0000558. The van der Waals surface area contributed by atoms with Crippen molar-refractivity contribution >= 4 is 16.9 Å². The maximum Gasteiger partial charge on any atom is 0.191 e. The molecular formula is C21H31N5O2. The molecule has 2 atom stereocenters. The van der Waals surface area contributed by atoms with Crippen LogP contribution in [0.4, 0.5) is 0 Å².